The van der Waals surface area contributed by atoms with Gasteiger partial charge in [-0.15, -0.1) is 5.10 Å². The standard InChI is InChI=1S/C20H19Cl2N5O2/c1-11-4-7-16(15(22)8-11)23-18(28)10-27-13(3)19(25-26-27)20(29)24-17-9-14(21)6-5-12(17)2/h4-9H,10H2,1-3H3,(H,23,28)(H,24,29). The van der Waals surface area contributed by atoms with Crippen LogP contribution in [0.1, 0.15) is 27.3 Å². The van der Waals surface area contributed by atoms with Crippen molar-refractivity contribution in [1.29, 1.82) is 0 Å². The van der Waals surface area contributed by atoms with Gasteiger partial charge in [-0.05, 0) is 56.2 Å². The maximum Gasteiger partial charge on any atom is 0.278 e. The molecule has 2 N–H and O–H groups in total. The molecular formula is C20H19Cl2N5O2. The van der Waals surface area contributed by atoms with Crippen molar-refractivity contribution in [3.8, 4) is 0 Å². The molecule has 1 heterocycles. The molecule has 0 aliphatic rings. The lowest BCUT2D eigenvalue weighted by Crippen LogP contribution is -2.21. The van der Waals surface area contributed by atoms with Gasteiger partial charge < -0.3 is 10.6 Å². The summed E-state index contributed by atoms with van der Waals surface area (Å²) in [6.45, 7) is 5.34. The highest BCUT2D eigenvalue weighted by Gasteiger charge is 2.19. The number of hydrogen-bond donors (Lipinski definition) is 2. The molecule has 9 heteroatoms. The maximum atomic E-state index is 12.6. The first-order valence-electron chi connectivity index (χ1n) is 8.78. The zero-order valence-corrected chi connectivity index (χ0v) is 17.6. The van der Waals surface area contributed by atoms with Crippen LogP contribution in [0.15, 0.2) is 36.4 Å². The third-order valence-corrected chi connectivity index (χ3v) is 4.89. The van der Waals surface area contributed by atoms with Crippen LogP contribution in [0.25, 0.3) is 0 Å². The van der Waals surface area contributed by atoms with E-state index in [9.17, 15) is 9.59 Å². The SMILES string of the molecule is Cc1ccc(NC(=O)Cn2nnc(C(=O)Nc3cc(Cl)ccc3C)c2C)c(Cl)c1. The molecule has 29 heavy (non-hydrogen) atoms. The number of nitrogens with one attached hydrogen (secondary N) is 2. The molecular weight excluding hydrogens is 413 g/mol. The second-order valence-electron chi connectivity index (χ2n) is 6.63. The zero-order valence-electron chi connectivity index (χ0n) is 16.1. The third kappa shape index (κ3) is 4.93. The molecule has 0 atom stereocenters. The van der Waals surface area contributed by atoms with Gasteiger partial charge in [0.1, 0.15) is 6.54 Å². The van der Waals surface area contributed by atoms with Crippen LogP contribution in [0.3, 0.4) is 0 Å². The van der Waals surface area contributed by atoms with Gasteiger partial charge in [-0.25, -0.2) is 4.68 Å². The predicted octanol–water partition coefficient (Wildman–Crippen LogP) is 4.40. The van der Waals surface area contributed by atoms with Gasteiger partial charge >= 0.3 is 0 Å². The molecule has 0 radical (unpaired) electrons. The molecule has 0 unspecified atom stereocenters. The molecule has 3 rings (SSSR count). The Morgan fingerprint density at radius 2 is 1.76 bits per heavy atom. The molecule has 3 aromatic rings. The highest BCUT2D eigenvalue weighted by molar-refractivity contribution is 6.33. The fraction of sp³-hybridized carbons (Fsp3) is 0.200. The lowest BCUT2D eigenvalue weighted by Gasteiger charge is -2.09. The van der Waals surface area contributed by atoms with E-state index in [0.717, 1.165) is 11.1 Å². The first-order chi connectivity index (χ1) is 13.7. The Kier molecular flexibility index (Phi) is 6.20. The second kappa shape index (κ2) is 8.63. The van der Waals surface area contributed by atoms with Crippen molar-refractivity contribution in [3.63, 3.8) is 0 Å². The van der Waals surface area contributed by atoms with E-state index in [-0.39, 0.29) is 18.1 Å². The monoisotopic (exact) mass is 431 g/mol. The van der Waals surface area contributed by atoms with E-state index >= 15 is 0 Å². The number of rotatable bonds is 5. The summed E-state index contributed by atoms with van der Waals surface area (Å²) in [6.07, 6.45) is 0. The third-order valence-electron chi connectivity index (χ3n) is 4.34. The Balaban J connectivity index is 1.70. The zero-order chi connectivity index (χ0) is 21.1. The summed E-state index contributed by atoms with van der Waals surface area (Å²) in [5.74, 6) is -0.762. The number of nitrogens with zero attached hydrogens (tertiary/aromatic N) is 3. The number of benzene rings is 2. The molecule has 2 amide bonds. The van der Waals surface area contributed by atoms with Crippen molar-refractivity contribution in [3.05, 3.63) is 69.0 Å². The molecule has 0 saturated heterocycles. The molecule has 0 saturated carbocycles. The minimum atomic E-state index is -0.430. The van der Waals surface area contributed by atoms with Crippen molar-refractivity contribution in [1.82, 2.24) is 15.0 Å². The molecule has 2 aromatic carbocycles. The number of carbonyl (C=O) groups is 2. The number of hydrogen-bond acceptors (Lipinski definition) is 4. The van der Waals surface area contributed by atoms with Crippen molar-refractivity contribution < 1.29 is 9.59 Å². The second-order valence-corrected chi connectivity index (χ2v) is 7.47. The topological polar surface area (TPSA) is 88.9 Å². The molecule has 0 aliphatic heterocycles. The lowest BCUT2D eigenvalue weighted by molar-refractivity contribution is -0.117. The summed E-state index contributed by atoms with van der Waals surface area (Å²) in [5.41, 5.74) is 3.54. The summed E-state index contributed by atoms with van der Waals surface area (Å²) in [6, 6.07) is 10.6. The number of halogens is 2. The number of aromatic nitrogens is 3. The minimum absolute atomic E-state index is 0.105. The summed E-state index contributed by atoms with van der Waals surface area (Å²) < 4.78 is 1.36. The largest absolute Gasteiger partial charge is 0.323 e. The van der Waals surface area contributed by atoms with Crippen molar-refractivity contribution in [2.75, 3.05) is 10.6 Å². The van der Waals surface area contributed by atoms with E-state index in [1.807, 2.05) is 26.0 Å². The molecule has 0 spiro atoms. The van der Waals surface area contributed by atoms with Crippen LogP contribution < -0.4 is 10.6 Å². The van der Waals surface area contributed by atoms with Gasteiger partial charge in [0.05, 0.1) is 16.4 Å². The average Bonchev–Trinajstić information content (AvgIpc) is 3.01. The summed E-state index contributed by atoms with van der Waals surface area (Å²) in [4.78, 5) is 24.9. The highest BCUT2D eigenvalue weighted by Crippen LogP contribution is 2.23. The number of anilines is 2. The minimum Gasteiger partial charge on any atom is -0.323 e. The van der Waals surface area contributed by atoms with Crippen LogP contribution in [0.5, 0.6) is 0 Å². The number of amides is 2. The Morgan fingerprint density at radius 1 is 1.00 bits per heavy atom. The maximum absolute atomic E-state index is 12.6. The van der Waals surface area contributed by atoms with Crippen LogP contribution >= 0.6 is 23.2 Å². The van der Waals surface area contributed by atoms with Crippen LogP contribution in [-0.4, -0.2) is 26.8 Å². The van der Waals surface area contributed by atoms with Crippen molar-refractivity contribution >= 4 is 46.4 Å². The van der Waals surface area contributed by atoms with Gasteiger partial charge in [-0.1, -0.05) is 40.5 Å². The van der Waals surface area contributed by atoms with Gasteiger partial charge in [-0.2, -0.15) is 0 Å². The smallest absolute Gasteiger partial charge is 0.278 e. The number of carbonyl (C=O) groups excluding carboxylic acids is 2. The van der Waals surface area contributed by atoms with Crippen LogP contribution in [0, 0.1) is 20.8 Å². The van der Waals surface area contributed by atoms with Gasteiger partial charge in [0.15, 0.2) is 5.69 Å². The molecule has 7 nitrogen and oxygen atoms in total. The Hall–Kier alpha value is -2.90. The van der Waals surface area contributed by atoms with E-state index in [1.165, 1.54) is 4.68 Å². The van der Waals surface area contributed by atoms with Gasteiger partial charge in [0.2, 0.25) is 5.91 Å². The number of aryl methyl sites for hydroxylation is 2. The van der Waals surface area contributed by atoms with Gasteiger partial charge in [0.25, 0.3) is 5.91 Å². The van der Waals surface area contributed by atoms with E-state index in [4.69, 9.17) is 23.2 Å². The summed E-state index contributed by atoms with van der Waals surface area (Å²) in [5, 5.41) is 14.3. The summed E-state index contributed by atoms with van der Waals surface area (Å²) >= 11 is 12.1. The van der Waals surface area contributed by atoms with E-state index < -0.39 is 5.91 Å². The van der Waals surface area contributed by atoms with Gasteiger partial charge in [-0.3, -0.25) is 9.59 Å². The quantitative estimate of drug-likeness (QED) is 0.626. The van der Waals surface area contributed by atoms with Crippen molar-refractivity contribution in [2.45, 2.75) is 27.3 Å². The van der Waals surface area contributed by atoms with Crippen molar-refractivity contribution in [2.24, 2.45) is 0 Å². The fourth-order valence-electron chi connectivity index (χ4n) is 2.68. The Labute approximate surface area is 178 Å². The fourth-order valence-corrected chi connectivity index (χ4v) is 3.13. The first-order valence-corrected chi connectivity index (χ1v) is 9.54. The average molecular weight is 432 g/mol. The highest BCUT2D eigenvalue weighted by atomic mass is 35.5. The van der Waals surface area contributed by atoms with Crippen LogP contribution in [0.4, 0.5) is 11.4 Å². The Bertz CT molecular complexity index is 1090. The van der Waals surface area contributed by atoms with E-state index in [1.54, 1.807) is 31.2 Å². The first kappa shape index (κ1) is 20.8. The normalized spacial score (nSPS) is 10.7. The van der Waals surface area contributed by atoms with E-state index in [0.29, 0.717) is 27.1 Å². The molecule has 0 bridgehead atoms. The lowest BCUT2D eigenvalue weighted by atomic mass is 10.2. The van der Waals surface area contributed by atoms with Gasteiger partial charge in [0, 0.05) is 10.7 Å². The molecule has 0 fully saturated rings. The molecule has 150 valence electrons. The van der Waals surface area contributed by atoms with Crippen LogP contribution in [0.2, 0.25) is 10.0 Å². The molecule has 0 aliphatic carbocycles. The predicted molar refractivity (Wildman–Crippen MR) is 114 cm³/mol. The summed E-state index contributed by atoms with van der Waals surface area (Å²) in [7, 11) is 0. The van der Waals surface area contributed by atoms with Crippen LogP contribution in [-0.2, 0) is 11.3 Å². The Morgan fingerprint density at radius 3 is 2.48 bits per heavy atom. The molecule has 1 aromatic heterocycles. The van der Waals surface area contributed by atoms with E-state index in [2.05, 4.69) is 20.9 Å².